The fourth-order valence-electron chi connectivity index (χ4n) is 2.37. The maximum absolute atomic E-state index is 12.5. The van der Waals surface area contributed by atoms with Gasteiger partial charge < -0.3 is 14.8 Å². The van der Waals surface area contributed by atoms with Gasteiger partial charge in [0.25, 0.3) is 5.91 Å². The van der Waals surface area contributed by atoms with Crippen LogP contribution in [-0.2, 0) is 9.59 Å². The Bertz CT molecular complexity index is 980. The van der Waals surface area contributed by atoms with E-state index < -0.39 is 11.9 Å². The van der Waals surface area contributed by atoms with Crippen molar-refractivity contribution in [1.82, 2.24) is 4.90 Å². The number of aromatic carboxylic acids is 1. The SMILES string of the molecule is Cc1ccc(/C=C2\SC(=S)N(CC(=O)Nc3cccc(C(=O)O)c3)C2=O)o1. The molecule has 2 heterocycles. The van der Waals surface area contributed by atoms with Crippen molar-refractivity contribution in [3.05, 3.63) is 58.4 Å². The average molecular weight is 402 g/mol. The first-order chi connectivity index (χ1) is 12.8. The predicted molar refractivity (Wildman–Crippen MR) is 105 cm³/mol. The maximum atomic E-state index is 12.5. The predicted octanol–water partition coefficient (Wildman–Crippen LogP) is 3.13. The van der Waals surface area contributed by atoms with Gasteiger partial charge in [-0.05, 0) is 37.3 Å². The molecular weight excluding hydrogens is 388 g/mol. The second-order valence-electron chi connectivity index (χ2n) is 5.65. The number of benzene rings is 1. The summed E-state index contributed by atoms with van der Waals surface area (Å²) >= 11 is 6.28. The van der Waals surface area contributed by atoms with Gasteiger partial charge in [-0.3, -0.25) is 14.5 Å². The summed E-state index contributed by atoms with van der Waals surface area (Å²) < 4.78 is 5.69. The number of carboxylic acids is 1. The number of nitrogens with zero attached hydrogens (tertiary/aromatic N) is 1. The van der Waals surface area contributed by atoms with Crippen molar-refractivity contribution in [3.8, 4) is 0 Å². The van der Waals surface area contributed by atoms with Crippen LogP contribution in [0.5, 0.6) is 0 Å². The van der Waals surface area contributed by atoms with Crippen LogP contribution in [-0.4, -0.2) is 38.7 Å². The van der Waals surface area contributed by atoms with Crippen LogP contribution in [0.4, 0.5) is 5.69 Å². The molecule has 1 aliphatic rings. The van der Waals surface area contributed by atoms with E-state index in [2.05, 4.69) is 5.32 Å². The van der Waals surface area contributed by atoms with Crippen LogP contribution in [0.2, 0.25) is 0 Å². The zero-order valence-electron chi connectivity index (χ0n) is 14.1. The number of aryl methyl sites for hydroxylation is 1. The van der Waals surface area contributed by atoms with Gasteiger partial charge >= 0.3 is 5.97 Å². The molecule has 3 rings (SSSR count). The molecule has 1 aromatic heterocycles. The minimum Gasteiger partial charge on any atom is -0.478 e. The largest absolute Gasteiger partial charge is 0.478 e. The summed E-state index contributed by atoms with van der Waals surface area (Å²) in [6.45, 7) is 1.53. The molecule has 7 nitrogen and oxygen atoms in total. The summed E-state index contributed by atoms with van der Waals surface area (Å²) in [5.74, 6) is -0.707. The summed E-state index contributed by atoms with van der Waals surface area (Å²) in [5, 5.41) is 11.6. The Kier molecular flexibility index (Phi) is 5.43. The lowest BCUT2D eigenvalue weighted by atomic mass is 10.2. The standard InChI is InChI=1S/C18H14N2O5S2/c1-10-5-6-13(25-10)8-14-16(22)20(18(26)27-14)9-15(21)19-12-4-2-3-11(7-12)17(23)24/h2-8H,9H2,1H3,(H,19,21)(H,23,24)/b14-8-. The molecule has 1 fully saturated rings. The summed E-state index contributed by atoms with van der Waals surface area (Å²) in [4.78, 5) is 37.3. The maximum Gasteiger partial charge on any atom is 0.335 e. The third-order valence-corrected chi connectivity index (χ3v) is 4.98. The molecule has 0 radical (unpaired) electrons. The molecule has 0 unspecified atom stereocenters. The van der Waals surface area contributed by atoms with Crippen molar-refractivity contribution in [2.75, 3.05) is 11.9 Å². The third kappa shape index (κ3) is 4.44. The molecular formula is C18H14N2O5S2. The molecule has 0 saturated carbocycles. The molecule has 1 aromatic carbocycles. The average Bonchev–Trinajstić information content (AvgIpc) is 3.13. The van der Waals surface area contributed by atoms with Crippen molar-refractivity contribution >= 4 is 57.8 Å². The lowest BCUT2D eigenvalue weighted by molar-refractivity contribution is -0.126. The molecule has 27 heavy (non-hydrogen) atoms. The number of carbonyl (C=O) groups excluding carboxylic acids is 2. The molecule has 0 atom stereocenters. The summed E-state index contributed by atoms with van der Waals surface area (Å²) in [6, 6.07) is 9.36. The first kappa shape index (κ1) is 18.9. The number of hydrogen-bond acceptors (Lipinski definition) is 6. The molecule has 138 valence electrons. The van der Waals surface area contributed by atoms with E-state index in [0.29, 0.717) is 16.4 Å². The number of hydrogen-bond donors (Lipinski definition) is 2. The van der Waals surface area contributed by atoms with E-state index in [4.69, 9.17) is 21.7 Å². The number of anilines is 1. The highest BCUT2D eigenvalue weighted by Crippen LogP contribution is 2.32. The van der Waals surface area contributed by atoms with Gasteiger partial charge in [-0.25, -0.2) is 4.79 Å². The molecule has 9 heteroatoms. The van der Waals surface area contributed by atoms with Crippen LogP contribution in [0.1, 0.15) is 21.9 Å². The molecule has 1 aliphatic heterocycles. The first-order valence-corrected chi connectivity index (χ1v) is 9.01. The minimum absolute atomic E-state index is 0.0510. The van der Waals surface area contributed by atoms with Gasteiger partial charge in [0.2, 0.25) is 5.91 Å². The van der Waals surface area contributed by atoms with E-state index in [-0.39, 0.29) is 22.3 Å². The molecule has 0 bridgehead atoms. The van der Waals surface area contributed by atoms with Crippen molar-refractivity contribution < 1.29 is 23.9 Å². The van der Waals surface area contributed by atoms with E-state index in [1.807, 2.05) is 0 Å². The van der Waals surface area contributed by atoms with Gasteiger partial charge in [-0.15, -0.1) is 0 Å². The van der Waals surface area contributed by atoms with Crippen LogP contribution in [0.25, 0.3) is 6.08 Å². The van der Waals surface area contributed by atoms with E-state index in [1.54, 1.807) is 31.2 Å². The third-order valence-electron chi connectivity index (χ3n) is 3.60. The molecule has 2 aromatic rings. The number of thioether (sulfide) groups is 1. The van der Waals surface area contributed by atoms with Gasteiger partial charge in [0.05, 0.1) is 10.5 Å². The Morgan fingerprint density at radius 1 is 1.33 bits per heavy atom. The van der Waals surface area contributed by atoms with Crippen LogP contribution in [0.15, 0.2) is 45.7 Å². The molecule has 0 aliphatic carbocycles. The number of carbonyl (C=O) groups is 3. The smallest absolute Gasteiger partial charge is 0.335 e. The second-order valence-corrected chi connectivity index (χ2v) is 7.33. The highest BCUT2D eigenvalue weighted by Gasteiger charge is 2.33. The highest BCUT2D eigenvalue weighted by atomic mass is 32.2. The number of rotatable bonds is 5. The van der Waals surface area contributed by atoms with Crippen LogP contribution in [0.3, 0.4) is 0 Å². The van der Waals surface area contributed by atoms with Gasteiger partial charge in [-0.2, -0.15) is 0 Å². The minimum atomic E-state index is -1.10. The Morgan fingerprint density at radius 3 is 2.78 bits per heavy atom. The highest BCUT2D eigenvalue weighted by molar-refractivity contribution is 8.26. The molecule has 2 N–H and O–H groups in total. The van der Waals surface area contributed by atoms with Crippen LogP contribution >= 0.6 is 24.0 Å². The molecule has 2 amide bonds. The fraction of sp³-hybridized carbons (Fsp3) is 0.111. The normalized spacial score (nSPS) is 15.4. The van der Waals surface area contributed by atoms with Crippen LogP contribution in [0, 0.1) is 6.92 Å². The Labute approximate surface area is 164 Å². The number of carboxylic acid groups (broad SMARTS) is 1. The van der Waals surface area contributed by atoms with Gasteiger partial charge in [0.1, 0.15) is 22.4 Å². The monoisotopic (exact) mass is 402 g/mol. The van der Waals surface area contributed by atoms with E-state index in [1.165, 1.54) is 23.1 Å². The van der Waals surface area contributed by atoms with Crippen molar-refractivity contribution in [2.24, 2.45) is 0 Å². The quantitative estimate of drug-likeness (QED) is 0.585. The van der Waals surface area contributed by atoms with E-state index >= 15 is 0 Å². The van der Waals surface area contributed by atoms with Crippen LogP contribution < -0.4 is 5.32 Å². The molecule has 0 spiro atoms. The van der Waals surface area contributed by atoms with Crippen molar-refractivity contribution in [2.45, 2.75) is 6.92 Å². The number of amides is 2. The topological polar surface area (TPSA) is 99.9 Å². The first-order valence-electron chi connectivity index (χ1n) is 7.78. The van der Waals surface area contributed by atoms with Gasteiger partial charge in [0, 0.05) is 11.8 Å². The zero-order chi connectivity index (χ0) is 19.6. The fourth-order valence-corrected chi connectivity index (χ4v) is 3.61. The number of thiocarbonyl (C=S) groups is 1. The Hall–Kier alpha value is -2.91. The lowest BCUT2D eigenvalue weighted by Crippen LogP contribution is -2.36. The lowest BCUT2D eigenvalue weighted by Gasteiger charge is -2.14. The van der Waals surface area contributed by atoms with E-state index in [9.17, 15) is 14.4 Å². The van der Waals surface area contributed by atoms with Gasteiger partial charge in [0.15, 0.2) is 0 Å². The number of furan rings is 1. The molecule has 1 saturated heterocycles. The Morgan fingerprint density at radius 2 is 2.11 bits per heavy atom. The van der Waals surface area contributed by atoms with E-state index in [0.717, 1.165) is 17.5 Å². The zero-order valence-corrected chi connectivity index (χ0v) is 15.7. The van der Waals surface area contributed by atoms with Crippen molar-refractivity contribution in [3.63, 3.8) is 0 Å². The Balaban J connectivity index is 1.68. The summed E-state index contributed by atoms with van der Waals surface area (Å²) in [7, 11) is 0. The summed E-state index contributed by atoms with van der Waals surface area (Å²) in [6.07, 6.45) is 1.58. The van der Waals surface area contributed by atoms with Gasteiger partial charge in [-0.1, -0.05) is 30.0 Å². The second kappa shape index (κ2) is 7.77. The van der Waals surface area contributed by atoms with Crippen molar-refractivity contribution in [1.29, 1.82) is 0 Å². The summed E-state index contributed by atoms with van der Waals surface area (Å²) in [5.41, 5.74) is 0.377. The number of nitrogens with one attached hydrogen (secondary N) is 1.